The van der Waals surface area contributed by atoms with E-state index in [0.29, 0.717) is 31.1 Å². The molecule has 1 amide bonds. The van der Waals surface area contributed by atoms with E-state index < -0.39 is 0 Å². The summed E-state index contributed by atoms with van der Waals surface area (Å²) in [4.78, 5) is 25.6. The van der Waals surface area contributed by atoms with Gasteiger partial charge in [-0.1, -0.05) is 6.92 Å². The Hall–Kier alpha value is -2.34. The highest BCUT2D eigenvalue weighted by Crippen LogP contribution is 2.23. The van der Waals surface area contributed by atoms with Crippen molar-refractivity contribution in [3.63, 3.8) is 0 Å². The number of fused-ring (bicyclic) bond motifs is 1. The van der Waals surface area contributed by atoms with Crippen molar-refractivity contribution in [1.29, 1.82) is 0 Å². The van der Waals surface area contributed by atoms with Gasteiger partial charge in [0.15, 0.2) is 6.61 Å². The number of rotatable bonds is 4. The summed E-state index contributed by atoms with van der Waals surface area (Å²) in [5.74, 6) is 0.433. The maximum Gasteiger partial charge on any atom is 0.336 e. The van der Waals surface area contributed by atoms with Gasteiger partial charge in [-0.05, 0) is 31.0 Å². The second-order valence-electron chi connectivity index (χ2n) is 5.90. The first kappa shape index (κ1) is 16.5. The Balaban J connectivity index is 1.73. The van der Waals surface area contributed by atoms with Gasteiger partial charge in [-0.3, -0.25) is 4.79 Å². The van der Waals surface area contributed by atoms with E-state index in [1.54, 1.807) is 17.0 Å². The molecule has 0 radical (unpaired) electrons. The van der Waals surface area contributed by atoms with E-state index in [0.717, 1.165) is 17.4 Å². The Morgan fingerprint density at radius 2 is 2.21 bits per heavy atom. The molecule has 1 aromatic carbocycles. The zero-order valence-electron chi connectivity index (χ0n) is 13.9. The third-order valence-corrected chi connectivity index (χ3v) is 4.23. The molecule has 1 aliphatic rings. The van der Waals surface area contributed by atoms with Crippen LogP contribution in [0, 0.1) is 0 Å². The minimum Gasteiger partial charge on any atom is -0.484 e. The van der Waals surface area contributed by atoms with Gasteiger partial charge in [0.2, 0.25) is 0 Å². The van der Waals surface area contributed by atoms with Gasteiger partial charge in [-0.25, -0.2) is 4.79 Å². The van der Waals surface area contributed by atoms with E-state index in [1.165, 1.54) is 6.07 Å². The summed E-state index contributed by atoms with van der Waals surface area (Å²) >= 11 is 0. The summed E-state index contributed by atoms with van der Waals surface area (Å²) in [6.07, 6.45) is 0.746. The SMILES string of the molecule is CCc1cc(=O)oc2cc(OCC(=O)N3CCOC[C@H]3C)ccc12. The number of benzene rings is 1. The molecule has 0 bridgehead atoms. The molecule has 1 fully saturated rings. The van der Waals surface area contributed by atoms with Crippen molar-refractivity contribution in [3.05, 3.63) is 40.2 Å². The number of nitrogens with zero attached hydrogens (tertiary/aromatic N) is 1. The van der Waals surface area contributed by atoms with Crippen LogP contribution in [0.1, 0.15) is 19.4 Å². The van der Waals surface area contributed by atoms with E-state index in [-0.39, 0.29) is 24.2 Å². The predicted molar refractivity (Wildman–Crippen MR) is 89.4 cm³/mol. The summed E-state index contributed by atoms with van der Waals surface area (Å²) < 4.78 is 16.2. The molecule has 1 atom stereocenters. The number of amides is 1. The molecule has 6 nitrogen and oxygen atoms in total. The fourth-order valence-corrected chi connectivity index (χ4v) is 2.92. The molecule has 128 valence electrons. The Kier molecular flexibility index (Phi) is 4.85. The standard InChI is InChI=1S/C18H21NO5/c1-3-13-8-18(21)24-16-9-14(4-5-15(13)16)23-11-17(20)19-6-7-22-10-12(19)2/h4-5,8-9,12H,3,6-7,10-11H2,1-2H3/t12-/m1/s1. The van der Waals surface area contributed by atoms with Crippen LogP contribution in [0.5, 0.6) is 5.75 Å². The van der Waals surface area contributed by atoms with Gasteiger partial charge < -0.3 is 18.8 Å². The topological polar surface area (TPSA) is 69.0 Å². The van der Waals surface area contributed by atoms with E-state index >= 15 is 0 Å². The maximum atomic E-state index is 12.3. The smallest absolute Gasteiger partial charge is 0.336 e. The maximum absolute atomic E-state index is 12.3. The Labute approximate surface area is 140 Å². The van der Waals surface area contributed by atoms with Crippen LogP contribution in [0.15, 0.2) is 33.5 Å². The van der Waals surface area contributed by atoms with Crippen LogP contribution in [0.3, 0.4) is 0 Å². The zero-order valence-corrected chi connectivity index (χ0v) is 13.9. The summed E-state index contributed by atoms with van der Waals surface area (Å²) in [7, 11) is 0. The van der Waals surface area contributed by atoms with Crippen molar-refractivity contribution in [2.24, 2.45) is 0 Å². The van der Waals surface area contributed by atoms with Crippen LogP contribution < -0.4 is 10.4 Å². The molecular weight excluding hydrogens is 310 g/mol. The average molecular weight is 331 g/mol. The molecule has 3 rings (SSSR count). The molecular formula is C18H21NO5. The largest absolute Gasteiger partial charge is 0.484 e. The number of hydrogen-bond acceptors (Lipinski definition) is 5. The second-order valence-corrected chi connectivity index (χ2v) is 5.90. The lowest BCUT2D eigenvalue weighted by atomic mass is 10.1. The highest BCUT2D eigenvalue weighted by Gasteiger charge is 2.23. The lowest BCUT2D eigenvalue weighted by Crippen LogP contribution is -2.48. The molecule has 6 heteroatoms. The summed E-state index contributed by atoms with van der Waals surface area (Å²) in [5.41, 5.74) is 1.03. The van der Waals surface area contributed by atoms with Crippen molar-refractivity contribution in [1.82, 2.24) is 4.90 Å². The van der Waals surface area contributed by atoms with Crippen LogP contribution in [-0.2, 0) is 16.0 Å². The summed E-state index contributed by atoms with van der Waals surface area (Å²) in [5, 5.41) is 0.887. The minimum absolute atomic E-state index is 0.0481. The zero-order chi connectivity index (χ0) is 17.1. The van der Waals surface area contributed by atoms with E-state index in [1.807, 2.05) is 19.9 Å². The number of carbonyl (C=O) groups excluding carboxylic acids is 1. The van der Waals surface area contributed by atoms with Gasteiger partial charge in [0, 0.05) is 24.1 Å². The van der Waals surface area contributed by atoms with E-state index in [9.17, 15) is 9.59 Å². The lowest BCUT2D eigenvalue weighted by Gasteiger charge is -2.33. The number of ether oxygens (including phenoxy) is 2. The molecule has 24 heavy (non-hydrogen) atoms. The first-order valence-corrected chi connectivity index (χ1v) is 8.15. The third-order valence-electron chi connectivity index (χ3n) is 4.23. The third kappa shape index (κ3) is 3.43. The van der Waals surface area contributed by atoms with Crippen LogP contribution in [0.2, 0.25) is 0 Å². The normalized spacial score (nSPS) is 17.9. The molecule has 0 aliphatic carbocycles. The quantitative estimate of drug-likeness (QED) is 0.801. The van der Waals surface area contributed by atoms with Crippen molar-refractivity contribution < 1.29 is 18.7 Å². The molecule has 0 saturated carbocycles. The van der Waals surface area contributed by atoms with Crippen LogP contribution in [-0.4, -0.2) is 43.2 Å². The molecule has 2 aromatic rings. The Morgan fingerprint density at radius 1 is 1.38 bits per heavy atom. The van der Waals surface area contributed by atoms with E-state index in [4.69, 9.17) is 13.9 Å². The number of morpholine rings is 1. The molecule has 2 heterocycles. The van der Waals surface area contributed by atoms with Gasteiger partial charge in [-0.15, -0.1) is 0 Å². The van der Waals surface area contributed by atoms with Gasteiger partial charge in [0.1, 0.15) is 11.3 Å². The highest BCUT2D eigenvalue weighted by atomic mass is 16.5. The predicted octanol–water partition coefficient (Wildman–Crippen LogP) is 1.98. The molecule has 0 N–H and O–H groups in total. The van der Waals surface area contributed by atoms with Crippen LogP contribution >= 0.6 is 0 Å². The number of carbonyl (C=O) groups is 1. The first-order valence-electron chi connectivity index (χ1n) is 8.15. The monoisotopic (exact) mass is 331 g/mol. The van der Waals surface area contributed by atoms with Gasteiger partial charge in [0.25, 0.3) is 5.91 Å². The average Bonchev–Trinajstić information content (AvgIpc) is 2.58. The van der Waals surface area contributed by atoms with Gasteiger partial charge >= 0.3 is 5.63 Å². The second kappa shape index (κ2) is 7.05. The molecule has 1 aromatic heterocycles. The van der Waals surface area contributed by atoms with Crippen molar-refractivity contribution in [2.45, 2.75) is 26.3 Å². The van der Waals surface area contributed by atoms with Gasteiger partial charge in [0.05, 0.1) is 19.3 Å². The molecule has 1 aliphatic heterocycles. The lowest BCUT2D eigenvalue weighted by molar-refractivity contribution is -0.141. The molecule has 0 spiro atoms. The van der Waals surface area contributed by atoms with Gasteiger partial charge in [-0.2, -0.15) is 0 Å². The van der Waals surface area contributed by atoms with Crippen molar-refractivity contribution in [2.75, 3.05) is 26.4 Å². The minimum atomic E-state index is -0.380. The van der Waals surface area contributed by atoms with Crippen LogP contribution in [0.4, 0.5) is 0 Å². The molecule has 0 unspecified atom stereocenters. The molecule has 1 saturated heterocycles. The Morgan fingerprint density at radius 3 is 2.96 bits per heavy atom. The van der Waals surface area contributed by atoms with Crippen molar-refractivity contribution >= 4 is 16.9 Å². The fraction of sp³-hybridized carbons (Fsp3) is 0.444. The number of aryl methyl sites for hydroxylation is 1. The number of hydrogen-bond donors (Lipinski definition) is 0. The first-order chi connectivity index (χ1) is 11.6. The summed E-state index contributed by atoms with van der Waals surface area (Å²) in [6.45, 7) is 5.57. The summed E-state index contributed by atoms with van der Waals surface area (Å²) in [6, 6.07) is 6.86. The van der Waals surface area contributed by atoms with Crippen LogP contribution in [0.25, 0.3) is 11.0 Å². The van der Waals surface area contributed by atoms with E-state index in [2.05, 4.69) is 0 Å². The Bertz CT molecular complexity index is 798. The highest BCUT2D eigenvalue weighted by molar-refractivity contribution is 5.82. The van der Waals surface area contributed by atoms with Crippen molar-refractivity contribution in [3.8, 4) is 5.75 Å². The fourth-order valence-electron chi connectivity index (χ4n) is 2.92.